The second kappa shape index (κ2) is 5.97. The van der Waals surface area contributed by atoms with Crippen molar-refractivity contribution >= 4 is 23.8 Å². The lowest BCUT2D eigenvalue weighted by Crippen LogP contribution is -2.43. The standard InChI is InChI=1S/C12H19N3.ClH/c1-14(2)11-3-5-12(6-4-11)15-9-7-13-8-10-15;/h3-6,13H,7-10H2,1-2H3;1H. The molecule has 1 aliphatic rings. The number of anilines is 2. The minimum atomic E-state index is 0. The Kier molecular flexibility index (Phi) is 4.90. The van der Waals surface area contributed by atoms with Crippen LogP contribution in [0.3, 0.4) is 0 Å². The SMILES string of the molecule is CN(C)c1ccc(N2CCNCC2)cc1.Cl. The third-order valence-corrected chi connectivity index (χ3v) is 2.85. The quantitative estimate of drug-likeness (QED) is 0.849. The Morgan fingerprint density at radius 1 is 1.06 bits per heavy atom. The lowest BCUT2D eigenvalue weighted by Gasteiger charge is -2.29. The fourth-order valence-electron chi connectivity index (χ4n) is 1.88. The van der Waals surface area contributed by atoms with Gasteiger partial charge in [-0.1, -0.05) is 0 Å². The Labute approximate surface area is 104 Å². The van der Waals surface area contributed by atoms with Gasteiger partial charge in [0, 0.05) is 51.6 Å². The molecule has 2 rings (SSSR count). The van der Waals surface area contributed by atoms with Gasteiger partial charge in [0.2, 0.25) is 0 Å². The van der Waals surface area contributed by atoms with E-state index in [-0.39, 0.29) is 12.4 Å². The third-order valence-electron chi connectivity index (χ3n) is 2.85. The minimum absolute atomic E-state index is 0. The number of piperazine rings is 1. The summed E-state index contributed by atoms with van der Waals surface area (Å²) in [4.78, 5) is 4.55. The first-order valence-corrected chi connectivity index (χ1v) is 5.50. The van der Waals surface area contributed by atoms with Crippen molar-refractivity contribution in [3.8, 4) is 0 Å². The van der Waals surface area contributed by atoms with E-state index in [4.69, 9.17) is 0 Å². The van der Waals surface area contributed by atoms with Gasteiger partial charge in [-0.05, 0) is 24.3 Å². The molecular formula is C12H20ClN3. The number of rotatable bonds is 2. The zero-order chi connectivity index (χ0) is 10.7. The summed E-state index contributed by atoms with van der Waals surface area (Å²) in [6.07, 6.45) is 0. The predicted octanol–water partition coefficient (Wildman–Crippen LogP) is 1.58. The van der Waals surface area contributed by atoms with E-state index in [9.17, 15) is 0 Å². The second-order valence-electron chi connectivity index (χ2n) is 4.15. The van der Waals surface area contributed by atoms with Crippen molar-refractivity contribution in [3.05, 3.63) is 24.3 Å². The summed E-state index contributed by atoms with van der Waals surface area (Å²) in [6.45, 7) is 4.41. The maximum Gasteiger partial charge on any atom is 0.0368 e. The van der Waals surface area contributed by atoms with Gasteiger partial charge in [0.1, 0.15) is 0 Å². The van der Waals surface area contributed by atoms with Crippen LogP contribution in [-0.4, -0.2) is 40.3 Å². The smallest absolute Gasteiger partial charge is 0.0368 e. The minimum Gasteiger partial charge on any atom is -0.378 e. The van der Waals surface area contributed by atoms with Gasteiger partial charge in [-0.25, -0.2) is 0 Å². The number of nitrogens with one attached hydrogen (secondary N) is 1. The van der Waals surface area contributed by atoms with Gasteiger partial charge in [0.05, 0.1) is 0 Å². The highest BCUT2D eigenvalue weighted by Gasteiger charge is 2.09. The summed E-state index contributed by atoms with van der Waals surface area (Å²) in [5.41, 5.74) is 2.59. The first kappa shape index (κ1) is 13.1. The monoisotopic (exact) mass is 241 g/mol. The Hall–Kier alpha value is -0.930. The molecule has 90 valence electrons. The maximum absolute atomic E-state index is 3.36. The summed E-state index contributed by atoms with van der Waals surface area (Å²) in [7, 11) is 4.14. The van der Waals surface area contributed by atoms with Crippen LogP contribution < -0.4 is 15.1 Å². The molecule has 1 aromatic rings. The molecule has 0 bridgehead atoms. The molecule has 0 unspecified atom stereocenters. The van der Waals surface area contributed by atoms with Crippen LogP contribution in [0.2, 0.25) is 0 Å². The zero-order valence-corrected chi connectivity index (χ0v) is 10.8. The Morgan fingerprint density at radius 2 is 1.62 bits per heavy atom. The van der Waals surface area contributed by atoms with Crippen LogP contribution in [0, 0.1) is 0 Å². The molecule has 1 N–H and O–H groups in total. The Morgan fingerprint density at radius 3 is 2.12 bits per heavy atom. The van der Waals surface area contributed by atoms with Crippen LogP contribution in [0.5, 0.6) is 0 Å². The molecule has 16 heavy (non-hydrogen) atoms. The van der Waals surface area contributed by atoms with E-state index in [2.05, 4.69) is 53.5 Å². The summed E-state index contributed by atoms with van der Waals surface area (Å²) >= 11 is 0. The van der Waals surface area contributed by atoms with E-state index in [1.54, 1.807) is 0 Å². The molecule has 1 aromatic carbocycles. The first-order valence-electron chi connectivity index (χ1n) is 5.50. The van der Waals surface area contributed by atoms with Gasteiger partial charge in [-0.15, -0.1) is 12.4 Å². The average molecular weight is 242 g/mol. The highest BCUT2D eigenvalue weighted by atomic mass is 35.5. The molecule has 4 heteroatoms. The van der Waals surface area contributed by atoms with Gasteiger partial charge < -0.3 is 15.1 Å². The summed E-state index contributed by atoms with van der Waals surface area (Å²) < 4.78 is 0. The third kappa shape index (κ3) is 3.03. The molecule has 0 saturated carbocycles. The van der Waals surface area contributed by atoms with E-state index in [0.29, 0.717) is 0 Å². The van der Waals surface area contributed by atoms with Gasteiger partial charge in [-0.3, -0.25) is 0 Å². The molecular weight excluding hydrogens is 222 g/mol. The van der Waals surface area contributed by atoms with Crippen molar-refractivity contribution in [2.45, 2.75) is 0 Å². The van der Waals surface area contributed by atoms with Gasteiger partial charge in [0.15, 0.2) is 0 Å². The van der Waals surface area contributed by atoms with E-state index in [1.807, 2.05) is 0 Å². The molecule has 3 nitrogen and oxygen atoms in total. The van der Waals surface area contributed by atoms with Crippen LogP contribution in [0.4, 0.5) is 11.4 Å². The number of nitrogens with zero attached hydrogens (tertiary/aromatic N) is 2. The van der Waals surface area contributed by atoms with Crippen molar-refractivity contribution in [1.82, 2.24) is 5.32 Å². The predicted molar refractivity (Wildman–Crippen MR) is 73.1 cm³/mol. The largest absolute Gasteiger partial charge is 0.378 e. The lowest BCUT2D eigenvalue weighted by atomic mass is 10.2. The van der Waals surface area contributed by atoms with E-state index in [1.165, 1.54) is 11.4 Å². The van der Waals surface area contributed by atoms with E-state index < -0.39 is 0 Å². The summed E-state index contributed by atoms with van der Waals surface area (Å²) in [6, 6.07) is 8.77. The van der Waals surface area contributed by atoms with Gasteiger partial charge >= 0.3 is 0 Å². The maximum atomic E-state index is 3.36. The molecule has 1 saturated heterocycles. The van der Waals surface area contributed by atoms with Crippen LogP contribution in [0.25, 0.3) is 0 Å². The van der Waals surface area contributed by atoms with Crippen molar-refractivity contribution < 1.29 is 0 Å². The summed E-state index contributed by atoms with van der Waals surface area (Å²) in [5.74, 6) is 0. The highest BCUT2D eigenvalue weighted by molar-refractivity contribution is 5.85. The van der Waals surface area contributed by atoms with Gasteiger partial charge in [0.25, 0.3) is 0 Å². The number of hydrogen-bond donors (Lipinski definition) is 1. The molecule has 1 heterocycles. The molecule has 0 aliphatic carbocycles. The Balaban J connectivity index is 0.00000128. The van der Waals surface area contributed by atoms with Crippen molar-refractivity contribution in [3.63, 3.8) is 0 Å². The van der Waals surface area contributed by atoms with Crippen molar-refractivity contribution in [2.24, 2.45) is 0 Å². The van der Waals surface area contributed by atoms with Crippen LogP contribution in [-0.2, 0) is 0 Å². The van der Waals surface area contributed by atoms with Crippen LogP contribution in [0.1, 0.15) is 0 Å². The van der Waals surface area contributed by atoms with Crippen LogP contribution in [0.15, 0.2) is 24.3 Å². The zero-order valence-electron chi connectivity index (χ0n) is 9.94. The molecule has 0 aromatic heterocycles. The topological polar surface area (TPSA) is 18.5 Å². The molecule has 1 fully saturated rings. The van der Waals surface area contributed by atoms with Gasteiger partial charge in [-0.2, -0.15) is 0 Å². The van der Waals surface area contributed by atoms with Crippen LogP contribution >= 0.6 is 12.4 Å². The van der Waals surface area contributed by atoms with Crippen molar-refractivity contribution in [2.75, 3.05) is 50.1 Å². The second-order valence-corrected chi connectivity index (χ2v) is 4.15. The normalized spacial score (nSPS) is 15.5. The number of hydrogen-bond acceptors (Lipinski definition) is 3. The molecule has 0 radical (unpaired) electrons. The van der Waals surface area contributed by atoms with E-state index in [0.717, 1.165) is 26.2 Å². The number of benzene rings is 1. The van der Waals surface area contributed by atoms with Crippen molar-refractivity contribution in [1.29, 1.82) is 0 Å². The molecule has 0 spiro atoms. The Bertz CT molecular complexity index is 305. The molecule has 0 atom stereocenters. The molecule has 1 aliphatic heterocycles. The fraction of sp³-hybridized carbons (Fsp3) is 0.500. The van der Waals surface area contributed by atoms with E-state index >= 15 is 0 Å². The lowest BCUT2D eigenvalue weighted by molar-refractivity contribution is 0.589. The first-order chi connectivity index (χ1) is 7.27. The highest BCUT2D eigenvalue weighted by Crippen LogP contribution is 2.19. The molecule has 0 amide bonds. The summed E-state index contributed by atoms with van der Waals surface area (Å²) in [5, 5.41) is 3.36. The fourth-order valence-corrected chi connectivity index (χ4v) is 1.88. The average Bonchev–Trinajstić information content (AvgIpc) is 2.30. The number of halogens is 1.